The van der Waals surface area contributed by atoms with Crippen LogP contribution in [0.25, 0.3) is 83.1 Å². The van der Waals surface area contributed by atoms with Crippen molar-refractivity contribution in [3.63, 3.8) is 0 Å². The summed E-state index contributed by atoms with van der Waals surface area (Å²) in [5.74, 6) is 0.695. The number of benzene rings is 6. The highest BCUT2D eigenvalue weighted by Crippen LogP contribution is 2.57. The maximum absolute atomic E-state index is 8.65. The number of nitrogens with zero attached hydrogens (tertiary/aromatic N) is 2. The Hall–Kier alpha value is -5.61. The van der Waals surface area contributed by atoms with Crippen LogP contribution >= 0.6 is 0 Å². The molecule has 0 aliphatic heterocycles. The molecular weight excluding hydrogens is 661 g/mol. The first-order chi connectivity index (χ1) is 27.2. The lowest BCUT2D eigenvalue weighted by molar-refractivity contribution is 0.188. The van der Waals surface area contributed by atoms with E-state index in [-0.39, 0.29) is 21.8 Å². The van der Waals surface area contributed by atoms with Crippen molar-refractivity contribution in [2.45, 2.75) is 83.4 Å². The van der Waals surface area contributed by atoms with Crippen molar-refractivity contribution in [1.29, 1.82) is 0 Å². The number of imidazole rings is 1. The molecule has 0 unspecified atom stereocenters. The van der Waals surface area contributed by atoms with Crippen LogP contribution in [0.15, 0.2) is 118 Å². The Morgan fingerprint density at radius 2 is 1.41 bits per heavy atom. The Morgan fingerprint density at radius 1 is 0.667 bits per heavy atom. The van der Waals surface area contributed by atoms with E-state index < -0.39 is 6.85 Å². The number of fused-ring (bicyclic) bond motifs is 9. The van der Waals surface area contributed by atoms with Crippen molar-refractivity contribution in [1.82, 2.24) is 9.55 Å². The van der Waals surface area contributed by atoms with Crippen LogP contribution in [0.5, 0.6) is 0 Å². The Labute approximate surface area is 319 Å². The van der Waals surface area contributed by atoms with Crippen LogP contribution in [-0.2, 0) is 16.2 Å². The molecule has 6 aromatic carbocycles. The fourth-order valence-corrected chi connectivity index (χ4v) is 9.96. The summed E-state index contributed by atoms with van der Waals surface area (Å²) in [6, 6.07) is 37.7. The standard InChI is InChI=1S/C50H44N2O2/c1-29-18-20-33(46-44(29)35-28-42-34(27-43(35)54-46)32-12-7-10-17-41(32)53-42)47-51-39-15-8-9-16-40(39)52(47)45-31(13-11-14-37(45)48(2,3)4)30-19-21-36-38(26-30)50(6)24-22-49(36,5)23-25-50/h7-21,26-28H,22-25H2,1-6H3/i1D3. The summed E-state index contributed by atoms with van der Waals surface area (Å²) >= 11 is 0. The molecule has 0 amide bonds. The predicted octanol–water partition coefficient (Wildman–Crippen LogP) is 13.9. The van der Waals surface area contributed by atoms with Crippen molar-refractivity contribution in [2.24, 2.45) is 0 Å². The molecule has 9 aromatic rings. The molecule has 54 heavy (non-hydrogen) atoms. The summed E-state index contributed by atoms with van der Waals surface area (Å²) in [7, 11) is 0. The second-order valence-corrected chi connectivity index (χ2v) is 17.5. The first-order valence-corrected chi connectivity index (χ1v) is 19.3. The topological polar surface area (TPSA) is 44.1 Å². The largest absolute Gasteiger partial charge is 0.456 e. The SMILES string of the molecule is [2H]C([2H])([2H])c1ccc(-c2nc3ccccc3n2-c2c(-c3ccc4c(c3)C3(C)CCC4(C)CC3)cccc2C(C)(C)C)c2oc3cc4c(cc3c12)oc1ccccc14. The van der Waals surface area contributed by atoms with Crippen LogP contribution in [0, 0.1) is 6.85 Å². The van der Waals surface area contributed by atoms with Gasteiger partial charge in [-0.2, -0.15) is 0 Å². The van der Waals surface area contributed by atoms with Gasteiger partial charge in [0.05, 0.1) is 22.3 Å². The van der Waals surface area contributed by atoms with Gasteiger partial charge in [-0.25, -0.2) is 4.98 Å². The number of para-hydroxylation sites is 4. The molecule has 0 spiro atoms. The van der Waals surface area contributed by atoms with Crippen molar-refractivity contribution in [3.05, 3.63) is 131 Å². The van der Waals surface area contributed by atoms with Crippen molar-refractivity contribution in [2.75, 3.05) is 0 Å². The number of aryl methyl sites for hydroxylation is 1. The van der Waals surface area contributed by atoms with Crippen LogP contribution in [0.4, 0.5) is 0 Å². The van der Waals surface area contributed by atoms with Crippen LogP contribution in [-0.4, -0.2) is 9.55 Å². The number of furan rings is 2. The van der Waals surface area contributed by atoms with Gasteiger partial charge in [0, 0.05) is 31.2 Å². The van der Waals surface area contributed by atoms with Gasteiger partial charge in [-0.3, -0.25) is 4.57 Å². The second-order valence-electron chi connectivity index (χ2n) is 17.5. The second kappa shape index (κ2) is 10.8. The maximum Gasteiger partial charge on any atom is 0.149 e. The Balaban J connectivity index is 1.23. The van der Waals surface area contributed by atoms with Gasteiger partial charge in [0.15, 0.2) is 0 Å². The number of hydrogen-bond donors (Lipinski definition) is 0. The highest BCUT2D eigenvalue weighted by Gasteiger charge is 2.47. The van der Waals surface area contributed by atoms with Crippen LogP contribution in [0.1, 0.15) is 86.7 Å². The Morgan fingerprint density at radius 3 is 2.22 bits per heavy atom. The molecule has 0 saturated heterocycles. The molecule has 0 radical (unpaired) electrons. The summed E-state index contributed by atoms with van der Waals surface area (Å²) in [4.78, 5) is 5.38. The smallest absolute Gasteiger partial charge is 0.149 e. The van der Waals surface area contributed by atoms with Gasteiger partial charge in [-0.1, -0.05) is 107 Å². The van der Waals surface area contributed by atoms with E-state index in [0.29, 0.717) is 33.3 Å². The summed E-state index contributed by atoms with van der Waals surface area (Å²) in [5.41, 5.74) is 13.1. The van der Waals surface area contributed by atoms with Gasteiger partial charge in [0.25, 0.3) is 0 Å². The third-order valence-electron chi connectivity index (χ3n) is 13.1. The van der Waals surface area contributed by atoms with E-state index >= 15 is 0 Å². The quantitative estimate of drug-likeness (QED) is 0.184. The van der Waals surface area contributed by atoms with E-state index in [9.17, 15) is 0 Å². The highest BCUT2D eigenvalue weighted by molar-refractivity contribution is 6.17. The van der Waals surface area contributed by atoms with Crippen LogP contribution in [0.3, 0.4) is 0 Å². The molecule has 3 heterocycles. The number of hydrogen-bond acceptors (Lipinski definition) is 3. The monoisotopic (exact) mass is 707 g/mol. The lowest BCUT2D eigenvalue weighted by atomic mass is 9.52. The summed E-state index contributed by atoms with van der Waals surface area (Å²) < 4.78 is 41.4. The van der Waals surface area contributed by atoms with Gasteiger partial charge in [-0.15, -0.1) is 0 Å². The molecule has 3 aliphatic carbocycles. The lowest BCUT2D eigenvalue weighted by Crippen LogP contribution is -2.44. The van der Waals surface area contributed by atoms with Crippen LogP contribution in [0.2, 0.25) is 0 Å². The molecule has 4 heteroatoms. The van der Waals surface area contributed by atoms with Gasteiger partial charge in [0.1, 0.15) is 28.2 Å². The van der Waals surface area contributed by atoms with E-state index in [2.05, 4.69) is 93.8 Å². The minimum atomic E-state index is -2.39. The number of rotatable bonds is 3. The minimum Gasteiger partial charge on any atom is -0.456 e. The Kier molecular flexibility index (Phi) is 5.74. The first-order valence-electron chi connectivity index (χ1n) is 20.8. The fraction of sp³-hybridized carbons (Fsp3) is 0.260. The van der Waals surface area contributed by atoms with E-state index in [1.807, 2.05) is 48.5 Å². The van der Waals surface area contributed by atoms with Gasteiger partial charge < -0.3 is 8.83 Å². The average Bonchev–Trinajstić information content (AvgIpc) is 3.87. The molecule has 2 bridgehead atoms. The zero-order chi connectivity index (χ0) is 39.2. The molecule has 3 aliphatic rings. The average molecular weight is 708 g/mol. The summed E-state index contributed by atoms with van der Waals surface area (Å²) in [5, 5.41) is 3.16. The molecule has 0 N–H and O–H groups in total. The summed E-state index contributed by atoms with van der Waals surface area (Å²) in [6.07, 6.45) is 4.91. The molecule has 3 aromatic heterocycles. The predicted molar refractivity (Wildman–Crippen MR) is 223 cm³/mol. The van der Waals surface area contributed by atoms with E-state index in [4.69, 9.17) is 17.9 Å². The zero-order valence-corrected chi connectivity index (χ0v) is 31.4. The third kappa shape index (κ3) is 4.34. The van der Waals surface area contributed by atoms with E-state index in [0.717, 1.165) is 44.2 Å². The van der Waals surface area contributed by atoms with E-state index in [1.165, 1.54) is 47.9 Å². The van der Waals surface area contributed by atoms with E-state index in [1.54, 1.807) is 6.07 Å². The minimum absolute atomic E-state index is 0.169. The third-order valence-corrected chi connectivity index (χ3v) is 13.1. The molecule has 1 saturated carbocycles. The molecule has 266 valence electrons. The zero-order valence-electron chi connectivity index (χ0n) is 34.4. The van der Waals surface area contributed by atoms with Crippen LogP contribution < -0.4 is 0 Å². The van der Waals surface area contributed by atoms with Crippen molar-refractivity contribution in [3.8, 4) is 28.2 Å². The van der Waals surface area contributed by atoms with Gasteiger partial charge in [0.2, 0.25) is 0 Å². The van der Waals surface area contributed by atoms with Gasteiger partial charge in [-0.05, 0) is 113 Å². The summed E-state index contributed by atoms with van der Waals surface area (Å²) in [6.45, 7) is 9.33. The Bertz CT molecular complexity index is 3140. The first kappa shape index (κ1) is 28.8. The molecular formula is C50H44N2O2. The lowest BCUT2D eigenvalue weighted by Gasteiger charge is -2.52. The highest BCUT2D eigenvalue weighted by atomic mass is 16.3. The molecule has 1 fully saturated rings. The maximum atomic E-state index is 8.65. The molecule has 12 rings (SSSR count). The number of aromatic nitrogens is 2. The normalized spacial score (nSPS) is 20.9. The van der Waals surface area contributed by atoms with Crippen molar-refractivity contribution < 1.29 is 12.9 Å². The molecule has 4 nitrogen and oxygen atoms in total. The fourth-order valence-electron chi connectivity index (χ4n) is 9.96. The van der Waals surface area contributed by atoms with Gasteiger partial charge >= 0.3 is 0 Å². The van der Waals surface area contributed by atoms with Crippen molar-refractivity contribution >= 4 is 54.9 Å². The molecule has 0 atom stereocenters.